The van der Waals surface area contributed by atoms with Crippen LogP contribution < -0.4 is 20.5 Å². The number of nitrogens with two attached hydrogens (primary N) is 1. The summed E-state index contributed by atoms with van der Waals surface area (Å²) in [5, 5.41) is 3.19. The molecule has 0 saturated heterocycles. The van der Waals surface area contributed by atoms with Crippen molar-refractivity contribution in [3.8, 4) is 11.5 Å². The van der Waals surface area contributed by atoms with Crippen LogP contribution >= 0.6 is 24.0 Å². The second-order valence-electron chi connectivity index (χ2n) is 5.79. The molecule has 7 heteroatoms. The Bertz CT molecular complexity index is 727. The smallest absolute Gasteiger partial charge is 0.251 e. The zero-order valence-electron chi connectivity index (χ0n) is 15.5. The largest absolute Gasteiger partial charge is 0.490 e. The van der Waals surface area contributed by atoms with Gasteiger partial charge in [0.25, 0.3) is 5.91 Å². The number of rotatable bonds is 9. The maximum atomic E-state index is 12.5. The van der Waals surface area contributed by atoms with Crippen LogP contribution in [0.1, 0.15) is 42.2 Å². The highest BCUT2D eigenvalue weighted by Gasteiger charge is 2.17. The van der Waals surface area contributed by atoms with Crippen LogP contribution in [0.4, 0.5) is 0 Å². The molecule has 0 heterocycles. The van der Waals surface area contributed by atoms with Gasteiger partial charge < -0.3 is 20.5 Å². The first kappa shape index (κ1) is 23.1. The lowest BCUT2D eigenvalue weighted by atomic mass is 10.1. The summed E-state index contributed by atoms with van der Waals surface area (Å²) in [6.07, 6.45) is 0.849. The molecule has 0 aliphatic heterocycles. The zero-order valence-corrected chi connectivity index (χ0v) is 17.1. The number of carbonyl (C=O) groups is 1. The first-order valence-corrected chi connectivity index (χ1v) is 9.12. The summed E-state index contributed by atoms with van der Waals surface area (Å²) >= 11 is 6.30. The highest BCUT2D eigenvalue weighted by atomic mass is 35.5. The van der Waals surface area contributed by atoms with Gasteiger partial charge in [-0.3, -0.25) is 4.79 Å². The molecule has 1 unspecified atom stereocenters. The summed E-state index contributed by atoms with van der Waals surface area (Å²) in [5.41, 5.74) is 7.49. The SMILES string of the molecule is CCCOc1c(Cl)cc(C(=O)NCC(N)c2ccccc2)cc1OCC.Cl. The Morgan fingerprint density at radius 1 is 1.19 bits per heavy atom. The highest BCUT2D eigenvalue weighted by molar-refractivity contribution is 6.32. The van der Waals surface area contributed by atoms with Gasteiger partial charge in [-0.15, -0.1) is 12.4 Å². The van der Waals surface area contributed by atoms with Crippen LogP contribution in [0.25, 0.3) is 0 Å². The van der Waals surface area contributed by atoms with Crippen molar-refractivity contribution in [2.45, 2.75) is 26.3 Å². The van der Waals surface area contributed by atoms with Crippen LogP contribution in [0.15, 0.2) is 42.5 Å². The normalized spacial score (nSPS) is 11.3. The number of ether oxygens (including phenoxy) is 2. The molecule has 0 aliphatic rings. The topological polar surface area (TPSA) is 73.6 Å². The fourth-order valence-electron chi connectivity index (χ4n) is 2.43. The lowest BCUT2D eigenvalue weighted by molar-refractivity contribution is 0.0950. The molecule has 1 amide bonds. The summed E-state index contributed by atoms with van der Waals surface area (Å²) in [7, 11) is 0. The predicted octanol–water partition coefficient (Wildman–Crippen LogP) is 4.38. The Balaban J connectivity index is 0.00000364. The molecule has 0 bridgehead atoms. The van der Waals surface area contributed by atoms with Gasteiger partial charge >= 0.3 is 0 Å². The number of nitrogens with one attached hydrogen (secondary N) is 1. The molecule has 148 valence electrons. The van der Waals surface area contributed by atoms with E-state index in [1.165, 1.54) is 0 Å². The Hall–Kier alpha value is -1.95. The van der Waals surface area contributed by atoms with E-state index in [0.29, 0.717) is 41.8 Å². The van der Waals surface area contributed by atoms with Crippen LogP contribution in [0.2, 0.25) is 5.02 Å². The summed E-state index contributed by atoms with van der Waals surface area (Å²) in [5.74, 6) is 0.667. The van der Waals surface area contributed by atoms with Gasteiger partial charge in [-0.05, 0) is 31.0 Å². The van der Waals surface area contributed by atoms with Crippen molar-refractivity contribution in [3.05, 3.63) is 58.6 Å². The van der Waals surface area contributed by atoms with Gasteiger partial charge in [-0.2, -0.15) is 0 Å². The molecule has 1 atom stereocenters. The van der Waals surface area contributed by atoms with Crippen LogP contribution in [0.3, 0.4) is 0 Å². The van der Waals surface area contributed by atoms with Crippen molar-refractivity contribution in [2.24, 2.45) is 5.73 Å². The molecule has 0 aliphatic carbocycles. The standard InChI is InChI=1S/C20H25ClN2O3.ClH/c1-3-10-26-19-16(21)11-15(12-18(19)25-4-2)20(24)23-13-17(22)14-8-6-5-7-9-14;/h5-9,11-12,17H,3-4,10,13,22H2,1-2H3,(H,23,24);1H. The first-order chi connectivity index (χ1) is 12.6. The average molecular weight is 413 g/mol. The average Bonchev–Trinajstić information content (AvgIpc) is 2.66. The Morgan fingerprint density at radius 3 is 2.52 bits per heavy atom. The monoisotopic (exact) mass is 412 g/mol. The van der Waals surface area contributed by atoms with Gasteiger partial charge in [-0.25, -0.2) is 0 Å². The van der Waals surface area contributed by atoms with E-state index < -0.39 is 0 Å². The number of carbonyl (C=O) groups excluding carboxylic acids is 1. The van der Waals surface area contributed by atoms with Gasteiger partial charge in [0.2, 0.25) is 0 Å². The van der Waals surface area contributed by atoms with Crippen molar-refractivity contribution in [1.82, 2.24) is 5.32 Å². The Morgan fingerprint density at radius 2 is 1.89 bits per heavy atom. The Kier molecular flexibility index (Phi) is 10.0. The lowest BCUT2D eigenvalue weighted by Crippen LogP contribution is -2.31. The van der Waals surface area contributed by atoms with E-state index in [0.717, 1.165) is 12.0 Å². The van der Waals surface area contributed by atoms with Crippen LogP contribution in [-0.4, -0.2) is 25.7 Å². The quantitative estimate of drug-likeness (QED) is 0.640. The molecular weight excluding hydrogens is 387 g/mol. The molecular formula is C20H26Cl2N2O3. The van der Waals surface area contributed by atoms with Crippen molar-refractivity contribution in [1.29, 1.82) is 0 Å². The third kappa shape index (κ3) is 6.61. The number of hydrogen-bond acceptors (Lipinski definition) is 4. The van der Waals surface area contributed by atoms with Gasteiger partial charge in [0, 0.05) is 18.2 Å². The van der Waals surface area contributed by atoms with E-state index in [1.807, 2.05) is 44.2 Å². The number of halogens is 2. The molecule has 27 heavy (non-hydrogen) atoms. The summed E-state index contributed by atoms with van der Waals surface area (Å²) < 4.78 is 11.2. The number of amides is 1. The van der Waals surface area contributed by atoms with Gasteiger partial charge in [0.1, 0.15) is 0 Å². The van der Waals surface area contributed by atoms with Crippen molar-refractivity contribution in [3.63, 3.8) is 0 Å². The summed E-state index contributed by atoms with van der Waals surface area (Å²) in [6.45, 7) is 5.16. The van der Waals surface area contributed by atoms with Crippen LogP contribution in [0, 0.1) is 0 Å². The maximum absolute atomic E-state index is 12.5. The molecule has 0 spiro atoms. The number of benzene rings is 2. The van der Waals surface area contributed by atoms with Crippen LogP contribution in [0.5, 0.6) is 11.5 Å². The second kappa shape index (κ2) is 11.7. The number of hydrogen-bond donors (Lipinski definition) is 2. The second-order valence-corrected chi connectivity index (χ2v) is 6.20. The summed E-state index contributed by atoms with van der Waals surface area (Å²) in [4.78, 5) is 12.5. The summed E-state index contributed by atoms with van der Waals surface area (Å²) in [6, 6.07) is 12.6. The maximum Gasteiger partial charge on any atom is 0.251 e. The zero-order chi connectivity index (χ0) is 18.9. The van der Waals surface area contributed by atoms with Crippen molar-refractivity contribution >= 4 is 29.9 Å². The lowest BCUT2D eigenvalue weighted by Gasteiger charge is -2.16. The highest BCUT2D eigenvalue weighted by Crippen LogP contribution is 2.36. The van der Waals surface area contributed by atoms with E-state index >= 15 is 0 Å². The van der Waals surface area contributed by atoms with E-state index in [1.54, 1.807) is 12.1 Å². The van der Waals surface area contributed by atoms with Crippen LogP contribution in [-0.2, 0) is 0 Å². The third-order valence-electron chi connectivity index (χ3n) is 3.73. The van der Waals surface area contributed by atoms with Crippen molar-refractivity contribution in [2.75, 3.05) is 19.8 Å². The van der Waals surface area contributed by atoms with Crippen molar-refractivity contribution < 1.29 is 14.3 Å². The fourth-order valence-corrected chi connectivity index (χ4v) is 2.69. The molecule has 0 aromatic heterocycles. The van der Waals surface area contributed by atoms with Gasteiger partial charge in [-0.1, -0.05) is 48.9 Å². The molecule has 0 saturated carbocycles. The molecule has 2 aromatic carbocycles. The van der Waals surface area contributed by atoms with Gasteiger partial charge in [0.05, 0.1) is 18.2 Å². The molecule has 2 aromatic rings. The third-order valence-corrected chi connectivity index (χ3v) is 4.01. The molecule has 5 nitrogen and oxygen atoms in total. The Labute approximate surface area is 171 Å². The molecule has 0 fully saturated rings. The molecule has 0 radical (unpaired) electrons. The first-order valence-electron chi connectivity index (χ1n) is 8.74. The van der Waals surface area contributed by atoms with E-state index in [9.17, 15) is 4.79 Å². The molecule has 3 N–H and O–H groups in total. The minimum Gasteiger partial charge on any atom is -0.490 e. The molecule has 2 rings (SSSR count). The minimum absolute atomic E-state index is 0. The predicted molar refractivity (Wildman–Crippen MR) is 111 cm³/mol. The van der Waals surface area contributed by atoms with E-state index in [-0.39, 0.29) is 24.4 Å². The fraction of sp³-hybridized carbons (Fsp3) is 0.350. The van der Waals surface area contributed by atoms with E-state index in [2.05, 4.69) is 5.32 Å². The van der Waals surface area contributed by atoms with E-state index in [4.69, 9.17) is 26.8 Å². The van der Waals surface area contributed by atoms with Gasteiger partial charge in [0.15, 0.2) is 11.5 Å². The minimum atomic E-state index is -0.283.